The lowest BCUT2D eigenvalue weighted by Gasteiger charge is -1.52. The van der Waals surface area contributed by atoms with E-state index in [-0.39, 0.29) is 24.1 Å². The Morgan fingerprint density at radius 2 is 1.00 bits per heavy atom. The van der Waals surface area contributed by atoms with Crippen LogP contribution in [0, 0.1) is 0 Å². The minimum absolute atomic E-state index is 0. The molecule has 0 aromatic carbocycles. The standard InChI is InChI=1S/2C2H6O.FH.H3N/c2*1-2-3;;/h2*3H,2H2,1H3;1H;1H3. The molecule has 3 nitrogen and oxygen atoms in total. The van der Waals surface area contributed by atoms with Gasteiger partial charge in [0, 0.05) is 13.2 Å². The fraction of sp³-hybridized carbons (Fsp3) is 1.00. The molecule has 0 fully saturated rings. The lowest BCUT2D eigenvalue weighted by molar-refractivity contribution is -0.00000434. The van der Waals surface area contributed by atoms with Gasteiger partial charge in [-0.3, -0.25) is 0 Å². The molecular formula is C4H16FNO2. The molecule has 0 aromatic rings. The van der Waals surface area contributed by atoms with Crippen molar-refractivity contribution in [3.63, 3.8) is 0 Å². The molecule has 6 N–H and O–H groups in total. The summed E-state index contributed by atoms with van der Waals surface area (Å²) in [6.45, 7) is 3.86. The first-order valence-corrected chi connectivity index (χ1v) is 2.05. The number of hydrogen-bond acceptors (Lipinski definition) is 2. The van der Waals surface area contributed by atoms with Gasteiger partial charge in [-0.2, -0.15) is 0 Å². The Morgan fingerprint density at radius 3 is 1.00 bits per heavy atom. The lowest BCUT2D eigenvalue weighted by atomic mass is 10.9. The first-order valence-electron chi connectivity index (χ1n) is 2.05. The van der Waals surface area contributed by atoms with Crippen molar-refractivity contribution in [3.8, 4) is 0 Å². The van der Waals surface area contributed by atoms with Crippen LogP contribution in [0.15, 0.2) is 0 Å². The Bertz CT molecular complexity index is 16.0. The van der Waals surface area contributed by atoms with Crippen LogP contribution in [0.4, 0.5) is 0 Å². The Balaban J connectivity index is -0.0000000160. The van der Waals surface area contributed by atoms with Gasteiger partial charge in [0.25, 0.3) is 0 Å². The molecule has 0 aliphatic rings. The number of rotatable bonds is 0. The van der Waals surface area contributed by atoms with E-state index in [4.69, 9.17) is 10.2 Å². The molecule has 0 amide bonds. The quantitative estimate of drug-likeness (QED) is 0.335. The number of halogens is 1. The molecule has 0 aliphatic heterocycles. The minimum atomic E-state index is 0. The highest BCUT2D eigenvalue weighted by atomic mass is 19.0. The third-order valence-corrected chi connectivity index (χ3v) is 0. The molecule has 0 saturated heterocycles. The maximum atomic E-state index is 7.57. The molecule has 0 atom stereocenters. The van der Waals surface area contributed by atoms with Crippen molar-refractivity contribution >= 4 is 0 Å². The zero-order valence-corrected chi connectivity index (χ0v) is 5.69. The van der Waals surface area contributed by atoms with Crippen molar-refractivity contribution in [1.29, 1.82) is 0 Å². The fourth-order valence-corrected chi connectivity index (χ4v) is 0. The van der Waals surface area contributed by atoms with Crippen LogP contribution in [-0.4, -0.2) is 23.4 Å². The predicted molar refractivity (Wildman–Crippen MR) is 31.5 cm³/mol. The summed E-state index contributed by atoms with van der Waals surface area (Å²) in [6.07, 6.45) is 0. The largest absolute Gasteiger partial charge is 1.00 e. The van der Waals surface area contributed by atoms with Gasteiger partial charge in [0.2, 0.25) is 0 Å². The summed E-state index contributed by atoms with van der Waals surface area (Å²) in [5, 5.41) is 15.1. The van der Waals surface area contributed by atoms with E-state index in [9.17, 15) is 0 Å². The minimum Gasteiger partial charge on any atom is -1.00 e. The Kier molecular flexibility index (Phi) is 219. The smallest absolute Gasteiger partial charge is 0.0402 e. The number of aliphatic hydroxyl groups is 2. The van der Waals surface area contributed by atoms with Gasteiger partial charge in [-0.05, 0) is 13.8 Å². The number of aliphatic hydroxyl groups excluding tert-OH is 2. The van der Waals surface area contributed by atoms with Crippen LogP contribution in [0.1, 0.15) is 13.8 Å². The average molecular weight is 129 g/mol. The maximum absolute atomic E-state index is 7.57. The van der Waals surface area contributed by atoms with E-state index in [0.29, 0.717) is 0 Å². The number of hydrogen-bond donors (Lipinski definition) is 3. The van der Waals surface area contributed by atoms with Gasteiger partial charge in [0.05, 0.1) is 0 Å². The zero-order chi connectivity index (χ0) is 5.41. The monoisotopic (exact) mass is 129 g/mol. The SMILES string of the molecule is CCO.CCO.[F-].[NH4+]. The molecule has 0 aromatic heterocycles. The van der Waals surface area contributed by atoms with Crippen molar-refractivity contribution in [1.82, 2.24) is 6.15 Å². The van der Waals surface area contributed by atoms with E-state index >= 15 is 0 Å². The highest BCUT2D eigenvalue weighted by molar-refractivity contribution is 3.84. The molecule has 0 bridgehead atoms. The van der Waals surface area contributed by atoms with Gasteiger partial charge >= 0.3 is 0 Å². The molecule has 0 heterocycles. The first-order chi connectivity index (χ1) is 2.83. The summed E-state index contributed by atoms with van der Waals surface area (Å²) in [5.41, 5.74) is 0. The summed E-state index contributed by atoms with van der Waals surface area (Å²) in [6, 6.07) is 0. The molecule has 0 spiro atoms. The third-order valence-electron chi connectivity index (χ3n) is 0. The fourth-order valence-electron chi connectivity index (χ4n) is 0. The van der Waals surface area contributed by atoms with Crippen LogP contribution in [0.3, 0.4) is 0 Å². The van der Waals surface area contributed by atoms with Crippen LogP contribution in [-0.2, 0) is 0 Å². The summed E-state index contributed by atoms with van der Waals surface area (Å²) in [5.74, 6) is 0. The van der Waals surface area contributed by atoms with Gasteiger partial charge in [-0.15, -0.1) is 0 Å². The van der Waals surface area contributed by atoms with Crippen LogP contribution in [0.25, 0.3) is 0 Å². The first kappa shape index (κ1) is 25.0. The zero-order valence-electron chi connectivity index (χ0n) is 5.69. The van der Waals surface area contributed by atoms with Gasteiger partial charge in [0.15, 0.2) is 0 Å². The molecule has 8 heavy (non-hydrogen) atoms. The predicted octanol–water partition coefficient (Wildman–Crippen LogP) is -2.62. The van der Waals surface area contributed by atoms with E-state index in [1.807, 2.05) is 0 Å². The number of quaternary nitrogens is 1. The highest BCUT2D eigenvalue weighted by Gasteiger charge is 1.34. The Hall–Kier alpha value is -0.190. The summed E-state index contributed by atoms with van der Waals surface area (Å²) >= 11 is 0. The van der Waals surface area contributed by atoms with Crippen molar-refractivity contribution in [2.45, 2.75) is 13.8 Å². The van der Waals surface area contributed by atoms with Gasteiger partial charge in [0.1, 0.15) is 0 Å². The maximum Gasteiger partial charge on any atom is 0.0402 e. The summed E-state index contributed by atoms with van der Waals surface area (Å²) in [4.78, 5) is 0. The van der Waals surface area contributed by atoms with E-state index in [1.54, 1.807) is 13.8 Å². The molecule has 0 radical (unpaired) electrons. The second kappa shape index (κ2) is 70.2. The van der Waals surface area contributed by atoms with E-state index in [1.165, 1.54) is 0 Å². The van der Waals surface area contributed by atoms with Crippen LogP contribution < -0.4 is 10.9 Å². The molecular weight excluding hydrogens is 113 g/mol. The topological polar surface area (TPSA) is 77.0 Å². The summed E-state index contributed by atoms with van der Waals surface area (Å²) in [7, 11) is 0. The van der Waals surface area contributed by atoms with E-state index in [0.717, 1.165) is 0 Å². The van der Waals surface area contributed by atoms with Crippen molar-refractivity contribution < 1.29 is 14.9 Å². The van der Waals surface area contributed by atoms with Crippen molar-refractivity contribution in [2.24, 2.45) is 0 Å². The highest BCUT2D eigenvalue weighted by Crippen LogP contribution is 1.30. The molecule has 0 aliphatic carbocycles. The van der Waals surface area contributed by atoms with E-state index < -0.39 is 0 Å². The average Bonchev–Trinajstić information content (AvgIpc) is 1.39. The van der Waals surface area contributed by atoms with Crippen LogP contribution in [0.5, 0.6) is 0 Å². The van der Waals surface area contributed by atoms with Gasteiger partial charge in [-0.25, -0.2) is 0 Å². The normalized spacial score (nSPS) is 4.50. The lowest BCUT2D eigenvalue weighted by Crippen LogP contribution is -3.00. The third kappa shape index (κ3) is 3720. The van der Waals surface area contributed by atoms with Crippen LogP contribution in [0.2, 0.25) is 0 Å². The van der Waals surface area contributed by atoms with Crippen molar-refractivity contribution in [3.05, 3.63) is 0 Å². The molecule has 4 heteroatoms. The second-order valence-electron chi connectivity index (χ2n) is 0.632. The van der Waals surface area contributed by atoms with Gasteiger partial charge in [-0.1, -0.05) is 0 Å². The molecule has 56 valence electrons. The molecule has 0 saturated carbocycles. The molecule has 0 unspecified atom stereocenters. The Morgan fingerprint density at radius 1 is 1.00 bits per heavy atom. The van der Waals surface area contributed by atoms with Gasteiger partial charge < -0.3 is 21.1 Å². The van der Waals surface area contributed by atoms with E-state index in [2.05, 4.69) is 0 Å². The van der Waals surface area contributed by atoms with Crippen molar-refractivity contribution in [2.75, 3.05) is 13.2 Å². The van der Waals surface area contributed by atoms with Crippen LogP contribution >= 0.6 is 0 Å². The second-order valence-corrected chi connectivity index (χ2v) is 0.632. The Labute approximate surface area is 49.3 Å². The summed E-state index contributed by atoms with van der Waals surface area (Å²) < 4.78 is 0. The molecule has 0 rings (SSSR count).